The second-order valence-electron chi connectivity index (χ2n) is 4.37. The summed E-state index contributed by atoms with van der Waals surface area (Å²) in [6, 6.07) is 6.72. The topological polar surface area (TPSA) is 48.1 Å². The molecule has 1 atom stereocenters. The number of nitrogens with two attached hydrogens (primary N) is 1. The van der Waals surface area contributed by atoms with E-state index in [2.05, 4.69) is 9.72 Å². The van der Waals surface area contributed by atoms with Gasteiger partial charge in [0.1, 0.15) is 5.75 Å². The number of para-hydroxylation sites is 1. The van der Waals surface area contributed by atoms with Gasteiger partial charge in [0.15, 0.2) is 0 Å². The molecule has 0 bridgehead atoms. The fraction of sp³-hybridized carbons (Fsp3) is 0.357. The molecular formula is C14H16F2N2OS. The van der Waals surface area contributed by atoms with Gasteiger partial charge in [0.25, 0.3) is 0 Å². The van der Waals surface area contributed by atoms with Crippen LogP contribution in [0.25, 0.3) is 11.3 Å². The maximum Gasteiger partial charge on any atom is 0.387 e. The molecule has 1 heterocycles. The van der Waals surface area contributed by atoms with Gasteiger partial charge in [-0.15, -0.1) is 11.3 Å². The average molecular weight is 298 g/mol. The number of ether oxygens (including phenoxy) is 1. The number of alkyl halides is 2. The van der Waals surface area contributed by atoms with Crippen molar-refractivity contribution < 1.29 is 13.5 Å². The summed E-state index contributed by atoms with van der Waals surface area (Å²) in [5.41, 5.74) is 7.10. The van der Waals surface area contributed by atoms with Crippen LogP contribution >= 0.6 is 11.3 Å². The summed E-state index contributed by atoms with van der Waals surface area (Å²) in [5, 5.41) is 2.74. The Labute approximate surface area is 120 Å². The number of hydrogen-bond donors (Lipinski definition) is 1. The Hall–Kier alpha value is -1.53. The maximum atomic E-state index is 12.4. The summed E-state index contributed by atoms with van der Waals surface area (Å²) >= 11 is 1.48. The van der Waals surface area contributed by atoms with Gasteiger partial charge in [0.2, 0.25) is 0 Å². The van der Waals surface area contributed by atoms with E-state index in [1.807, 2.05) is 12.3 Å². The molecule has 2 rings (SSSR count). The van der Waals surface area contributed by atoms with E-state index in [0.717, 1.165) is 11.4 Å². The van der Waals surface area contributed by atoms with E-state index in [1.165, 1.54) is 17.4 Å². The first-order valence-electron chi connectivity index (χ1n) is 6.34. The van der Waals surface area contributed by atoms with Gasteiger partial charge in [-0.25, -0.2) is 4.98 Å². The first-order valence-corrected chi connectivity index (χ1v) is 7.22. The molecule has 0 amide bonds. The highest BCUT2D eigenvalue weighted by Crippen LogP contribution is 2.31. The SMILES string of the molecule is CCC(N)Cc1nc(-c2ccccc2OC(F)F)cs1. The van der Waals surface area contributed by atoms with E-state index in [0.29, 0.717) is 17.7 Å². The number of rotatable bonds is 6. The van der Waals surface area contributed by atoms with E-state index in [4.69, 9.17) is 5.73 Å². The molecule has 0 radical (unpaired) electrons. The standard InChI is InChI=1S/C14H16F2N2OS/c1-2-9(17)7-13-18-11(8-20-13)10-5-3-4-6-12(10)19-14(15)16/h3-6,8-9,14H,2,7,17H2,1H3. The molecule has 0 fully saturated rings. The molecule has 1 unspecified atom stereocenters. The molecule has 1 aromatic heterocycles. The maximum absolute atomic E-state index is 12.4. The van der Waals surface area contributed by atoms with Crippen LogP contribution in [-0.4, -0.2) is 17.6 Å². The highest BCUT2D eigenvalue weighted by atomic mass is 32.1. The van der Waals surface area contributed by atoms with E-state index in [1.54, 1.807) is 18.2 Å². The zero-order chi connectivity index (χ0) is 14.5. The molecular weight excluding hydrogens is 282 g/mol. The smallest absolute Gasteiger partial charge is 0.387 e. The third-order valence-electron chi connectivity index (χ3n) is 2.89. The summed E-state index contributed by atoms with van der Waals surface area (Å²) in [7, 11) is 0. The molecule has 0 saturated carbocycles. The third-order valence-corrected chi connectivity index (χ3v) is 3.76. The highest BCUT2D eigenvalue weighted by molar-refractivity contribution is 7.09. The largest absolute Gasteiger partial charge is 0.434 e. The van der Waals surface area contributed by atoms with Crippen molar-refractivity contribution in [3.05, 3.63) is 34.7 Å². The molecule has 6 heteroatoms. The van der Waals surface area contributed by atoms with Crippen molar-refractivity contribution in [2.45, 2.75) is 32.4 Å². The molecule has 0 saturated heterocycles. The fourth-order valence-corrected chi connectivity index (χ4v) is 2.66. The van der Waals surface area contributed by atoms with E-state index >= 15 is 0 Å². The molecule has 1 aromatic carbocycles. The van der Waals surface area contributed by atoms with Crippen LogP contribution in [-0.2, 0) is 6.42 Å². The molecule has 2 N–H and O–H groups in total. The van der Waals surface area contributed by atoms with Crippen molar-refractivity contribution in [1.29, 1.82) is 0 Å². The van der Waals surface area contributed by atoms with Gasteiger partial charge in [0.05, 0.1) is 10.7 Å². The Bertz CT molecular complexity index is 560. The Balaban J connectivity index is 2.23. The molecule has 2 aromatic rings. The minimum absolute atomic E-state index is 0.0709. The summed E-state index contributed by atoms with van der Waals surface area (Å²) in [4.78, 5) is 4.45. The Morgan fingerprint density at radius 1 is 1.35 bits per heavy atom. The molecule has 3 nitrogen and oxygen atoms in total. The number of halogens is 2. The van der Waals surface area contributed by atoms with E-state index < -0.39 is 6.61 Å². The number of benzene rings is 1. The number of hydrogen-bond acceptors (Lipinski definition) is 4. The van der Waals surface area contributed by atoms with E-state index in [-0.39, 0.29) is 11.8 Å². The lowest BCUT2D eigenvalue weighted by Crippen LogP contribution is -2.21. The van der Waals surface area contributed by atoms with E-state index in [9.17, 15) is 8.78 Å². The zero-order valence-corrected chi connectivity index (χ0v) is 11.9. The lowest BCUT2D eigenvalue weighted by Gasteiger charge is -2.08. The second kappa shape index (κ2) is 6.76. The summed E-state index contributed by atoms with van der Waals surface area (Å²) < 4.78 is 29.3. The van der Waals surface area contributed by atoms with Crippen molar-refractivity contribution in [3.8, 4) is 17.0 Å². The fourth-order valence-electron chi connectivity index (χ4n) is 1.77. The Morgan fingerprint density at radius 3 is 2.80 bits per heavy atom. The molecule has 0 aliphatic heterocycles. The minimum Gasteiger partial charge on any atom is -0.434 e. The van der Waals surface area contributed by atoms with Gasteiger partial charge < -0.3 is 10.5 Å². The number of nitrogens with zero attached hydrogens (tertiary/aromatic N) is 1. The number of aromatic nitrogens is 1. The van der Waals surface area contributed by atoms with Gasteiger partial charge in [0, 0.05) is 23.4 Å². The summed E-state index contributed by atoms with van der Waals surface area (Å²) in [6.07, 6.45) is 1.57. The van der Waals surface area contributed by atoms with Crippen LogP contribution in [0.15, 0.2) is 29.6 Å². The lowest BCUT2D eigenvalue weighted by atomic mass is 10.1. The van der Waals surface area contributed by atoms with Crippen LogP contribution < -0.4 is 10.5 Å². The van der Waals surface area contributed by atoms with Crippen LogP contribution in [0.5, 0.6) is 5.75 Å². The van der Waals surface area contributed by atoms with Crippen molar-refractivity contribution >= 4 is 11.3 Å². The average Bonchev–Trinajstić information content (AvgIpc) is 2.87. The van der Waals surface area contributed by atoms with Crippen molar-refractivity contribution in [2.75, 3.05) is 0 Å². The predicted octanol–water partition coefficient (Wildman–Crippen LogP) is 3.69. The molecule has 0 aliphatic carbocycles. The monoisotopic (exact) mass is 298 g/mol. The lowest BCUT2D eigenvalue weighted by molar-refractivity contribution is -0.0494. The summed E-state index contributed by atoms with van der Waals surface area (Å²) in [6.45, 7) is -0.826. The minimum atomic E-state index is -2.84. The molecule has 20 heavy (non-hydrogen) atoms. The first-order chi connectivity index (χ1) is 9.60. The van der Waals surface area contributed by atoms with Crippen LogP contribution in [0.3, 0.4) is 0 Å². The molecule has 0 aliphatic rings. The summed E-state index contributed by atoms with van der Waals surface area (Å²) in [5.74, 6) is 0.138. The third kappa shape index (κ3) is 3.74. The molecule has 0 spiro atoms. The Kier molecular flexibility index (Phi) is 5.03. The Morgan fingerprint density at radius 2 is 2.10 bits per heavy atom. The van der Waals surface area contributed by atoms with Crippen LogP contribution in [0.2, 0.25) is 0 Å². The van der Waals surface area contributed by atoms with Gasteiger partial charge in [-0.2, -0.15) is 8.78 Å². The van der Waals surface area contributed by atoms with Gasteiger partial charge in [-0.3, -0.25) is 0 Å². The first kappa shape index (κ1) is 14.9. The van der Waals surface area contributed by atoms with Crippen LogP contribution in [0.4, 0.5) is 8.78 Å². The normalized spacial score (nSPS) is 12.7. The van der Waals surface area contributed by atoms with Gasteiger partial charge in [-0.1, -0.05) is 19.1 Å². The second-order valence-corrected chi connectivity index (χ2v) is 5.32. The predicted molar refractivity (Wildman–Crippen MR) is 76.2 cm³/mol. The van der Waals surface area contributed by atoms with Crippen molar-refractivity contribution in [1.82, 2.24) is 4.98 Å². The van der Waals surface area contributed by atoms with Crippen molar-refractivity contribution in [2.24, 2.45) is 5.73 Å². The van der Waals surface area contributed by atoms with Gasteiger partial charge >= 0.3 is 6.61 Å². The number of thiazole rings is 1. The quantitative estimate of drug-likeness (QED) is 0.884. The molecule has 108 valence electrons. The van der Waals surface area contributed by atoms with Crippen LogP contribution in [0, 0.1) is 0 Å². The zero-order valence-electron chi connectivity index (χ0n) is 11.1. The van der Waals surface area contributed by atoms with Crippen molar-refractivity contribution in [3.63, 3.8) is 0 Å². The highest BCUT2D eigenvalue weighted by Gasteiger charge is 2.14. The van der Waals surface area contributed by atoms with Crippen LogP contribution in [0.1, 0.15) is 18.4 Å². The van der Waals surface area contributed by atoms with Gasteiger partial charge in [-0.05, 0) is 18.6 Å².